The highest BCUT2D eigenvalue weighted by atomic mass is 16.5. The molecular formula is C26H34N2O5. The van der Waals surface area contributed by atoms with Crippen LogP contribution in [0, 0.1) is 5.92 Å². The third-order valence-corrected chi connectivity index (χ3v) is 7.15. The normalized spacial score (nSPS) is 25.1. The van der Waals surface area contributed by atoms with Gasteiger partial charge in [-0.3, -0.25) is 9.69 Å². The molecule has 7 heteroatoms. The highest BCUT2D eigenvalue weighted by Crippen LogP contribution is 2.51. The third kappa shape index (κ3) is 4.94. The van der Waals surface area contributed by atoms with Crippen molar-refractivity contribution in [3.63, 3.8) is 0 Å². The molecule has 4 rings (SSSR count). The van der Waals surface area contributed by atoms with Crippen molar-refractivity contribution in [2.45, 2.75) is 43.7 Å². The minimum absolute atomic E-state index is 0.0230. The topological polar surface area (TPSA) is 80.3 Å². The summed E-state index contributed by atoms with van der Waals surface area (Å²) in [5, 5.41) is 14.5. The summed E-state index contributed by atoms with van der Waals surface area (Å²) in [5.74, 6) is 2.16. The summed E-state index contributed by atoms with van der Waals surface area (Å²) >= 11 is 0. The standard InChI is InChI=1S/C26H34N2O5/c1-31-19-9-7-18(8-10-19)27-24(29)17-28-15-14-26(30)13-5-4-6-22(26)25(28)21-16-20(32-2)11-12-23(21)33-3/h7-12,16,22,25,30H,4-6,13-15,17H2,1-3H3,(H,27,29)/t22-,25-,26-/m1/s1. The first-order valence-electron chi connectivity index (χ1n) is 11.6. The molecule has 0 aromatic heterocycles. The van der Waals surface area contributed by atoms with Crippen LogP contribution in [-0.2, 0) is 4.79 Å². The summed E-state index contributed by atoms with van der Waals surface area (Å²) in [5.41, 5.74) is 0.960. The van der Waals surface area contributed by atoms with E-state index in [0.717, 1.165) is 54.2 Å². The molecule has 1 saturated carbocycles. The molecule has 178 valence electrons. The van der Waals surface area contributed by atoms with Crippen molar-refractivity contribution in [2.24, 2.45) is 5.92 Å². The lowest BCUT2D eigenvalue weighted by molar-refractivity contribution is -0.135. The lowest BCUT2D eigenvalue weighted by atomic mass is 9.66. The highest BCUT2D eigenvalue weighted by Gasteiger charge is 2.50. The molecule has 33 heavy (non-hydrogen) atoms. The second-order valence-corrected chi connectivity index (χ2v) is 9.01. The van der Waals surface area contributed by atoms with Crippen molar-refractivity contribution in [2.75, 3.05) is 39.7 Å². The Hall–Kier alpha value is -2.77. The number of fused-ring (bicyclic) bond motifs is 1. The molecule has 1 aliphatic carbocycles. The van der Waals surface area contributed by atoms with Gasteiger partial charge in [-0.1, -0.05) is 12.8 Å². The predicted molar refractivity (Wildman–Crippen MR) is 127 cm³/mol. The van der Waals surface area contributed by atoms with Crippen LogP contribution in [0.4, 0.5) is 5.69 Å². The fourth-order valence-corrected chi connectivity index (χ4v) is 5.46. The molecule has 0 radical (unpaired) electrons. The molecule has 2 aromatic carbocycles. The maximum Gasteiger partial charge on any atom is 0.238 e. The summed E-state index contributed by atoms with van der Waals surface area (Å²) in [7, 11) is 4.91. The van der Waals surface area contributed by atoms with Crippen LogP contribution < -0.4 is 19.5 Å². The summed E-state index contributed by atoms with van der Waals surface area (Å²) in [6, 6.07) is 12.9. The second-order valence-electron chi connectivity index (χ2n) is 9.01. The molecule has 1 amide bonds. The van der Waals surface area contributed by atoms with Gasteiger partial charge in [0.05, 0.1) is 33.5 Å². The van der Waals surface area contributed by atoms with Gasteiger partial charge in [-0.05, 0) is 61.7 Å². The Morgan fingerprint density at radius 1 is 1.03 bits per heavy atom. The number of benzene rings is 2. The van der Waals surface area contributed by atoms with Gasteiger partial charge in [0, 0.05) is 29.8 Å². The Labute approximate surface area is 195 Å². The van der Waals surface area contributed by atoms with Gasteiger partial charge in [-0.2, -0.15) is 0 Å². The average Bonchev–Trinajstić information content (AvgIpc) is 2.84. The molecule has 2 aliphatic rings. The van der Waals surface area contributed by atoms with Crippen LogP contribution in [0.2, 0.25) is 0 Å². The minimum atomic E-state index is -0.722. The van der Waals surface area contributed by atoms with E-state index in [4.69, 9.17) is 14.2 Å². The molecule has 2 aromatic rings. The highest BCUT2D eigenvalue weighted by molar-refractivity contribution is 5.92. The quantitative estimate of drug-likeness (QED) is 0.658. The lowest BCUT2D eigenvalue weighted by Gasteiger charge is -2.52. The van der Waals surface area contributed by atoms with Crippen molar-refractivity contribution < 1.29 is 24.1 Å². The number of ether oxygens (including phenoxy) is 3. The van der Waals surface area contributed by atoms with Gasteiger partial charge in [-0.25, -0.2) is 0 Å². The number of carbonyl (C=O) groups is 1. The number of anilines is 1. The fraction of sp³-hybridized carbons (Fsp3) is 0.500. The summed E-state index contributed by atoms with van der Waals surface area (Å²) in [6.07, 6.45) is 4.48. The van der Waals surface area contributed by atoms with Crippen molar-refractivity contribution in [1.82, 2.24) is 4.90 Å². The van der Waals surface area contributed by atoms with Crippen LogP contribution in [0.25, 0.3) is 0 Å². The zero-order valence-corrected chi connectivity index (χ0v) is 19.7. The summed E-state index contributed by atoms with van der Waals surface area (Å²) in [4.78, 5) is 15.2. The first-order chi connectivity index (χ1) is 16.0. The number of hydrogen-bond acceptors (Lipinski definition) is 6. The van der Waals surface area contributed by atoms with Gasteiger partial charge in [0.1, 0.15) is 17.2 Å². The van der Waals surface area contributed by atoms with Crippen molar-refractivity contribution >= 4 is 11.6 Å². The van der Waals surface area contributed by atoms with Crippen molar-refractivity contribution in [3.05, 3.63) is 48.0 Å². The monoisotopic (exact) mass is 454 g/mol. The van der Waals surface area contributed by atoms with E-state index in [1.165, 1.54) is 0 Å². The number of methoxy groups -OCH3 is 3. The predicted octanol–water partition coefficient (Wildman–Crippen LogP) is 4.02. The second kappa shape index (κ2) is 10.0. The molecule has 1 aliphatic heterocycles. The SMILES string of the molecule is COc1ccc(NC(=O)CN2CC[C@]3(O)CCCC[C@@H]3[C@H]2c2cc(OC)ccc2OC)cc1. The number of amides is 1. The van der Waals surface area contributed by atoms with Gasteiger partial charge < -0.3 is 24.6 Å². The zero-order chi connectivity index (χ0) is 23.4. The number of nitrogens with zero attached hydrogens (tertiary/aromatic N) is 1. The summed E-state index contributed by atoms with van der Waals surface area (Å²) < 4.78 is 16.4. The maximum absolute atomic E-state index is 13.0. The van der Waals surface area contributed by atoms with E-state index in [1.807, 2.05) is 42.5 Å². The molecular weight excluding hydrogens is 420 g/mol. The van der Waals surface area contributed by atoms with Crippen molar-refractivity contribution in [3.8, 4) is 17.2 Å². The Kier molecular flexibility index (Phi) is 7.10. The number of hydrogen-bond donors (Lipinski definition) is 2. The van der Waals surface area contributed by atoms with Gasteiger partial charge in [0.25, 0.3) is 0 Å². The molecule has 0 spiro atoms. The van der Waals surface area contributed by atoms with Gasteiger partial charge in [0.15, 0.2) is 0 Å². The molecule has 7 nitrogen and oxygen atoms in total. The molecule has 2 N–H and O–H groups in total. The van der Waals surface area contributed by atoms with Gasteiger partial charge in [-0.15, -0.1) is 0 Å². The summed E-state index contributed by atoms with van der Waals surface area (Å²) in [6.45, 7) is 0.859. The van der Waals surface area contributed by atoms with E-state index in [0.29, 0.717) is 13.0 Å². The molecule has 0 bridgehead atoms. The van der Waals surface area contributed by atoms with Crippen LogP contribution in [0.15, 0.2) is 42.5 Å². The minimum Gasteiger partial charge on any atom is -0.497 e. The average molecular weight is 455 g/mol. The third-order valence-electron chi connectivity index (χ3n) is 7.15. The van der Waals surface area contributed by atoms with Crippen LogP contribution in [0.1, 0.15) is 43.7 Å². The van der Waals surface area contributed by atoms with E-state index < -0.39 is 5.60 Å². The van der Waals surface area contributed by atoms with Crippen LogP contribution in [-0.4, -0.2) is 55.9 Å². The zero-order valence-electron chi connectivity index (χ0n) is 19.7. The Morgan fingerprint density at radius 3 is 2.45 bits per heavy atom. The number of piperidine rings is 1. The van der Waals surface area contributed by atoms with Crippen molar-refractivity contribution in [1.29, 1.82) is 0 Å². The fourth-order valence-electron chi connectivity index (χ4n) is 5.46. The number of rotatable bonds is 7. The molecule has 3 atom stereocenters. The van der Waals surface area contributed by atoms with Crippen LogP contribution in [0.3, 0.4) is 0 Å². The van der Waals surface area contributed by atoms with Crippen LogP contribution in [0.5, 0.6) is 17.2 Å². The van der Waals surface area contributed by atoms with E-state index >= 15 is 0 Å². The van der Waals surface area contributed by atoms with Crippen LogP contribution >= 0.6 is 0 Å². The largest absolute Gasteiger partial charge is 0.497 e. The van der Waals surface area contributed by atoms with E-state index in [1.54, 1.807) is 21.3 Å². The Morgan fingerprint density at radius 2 is 1.76 bits per heavy atom. The first-order valence-corrected chi connectivity index (χ1v) is 11.6. The van der Waals surface area contributed by atoms with Gasteiger partial charge in [0.2, 0.25) is 5.91 Å². The Bertz CT molecular complexity index is 964. The molecule has 0 unspecified atom stereocenters. The molecule has 1 heterocycles. The molecule has 1 saturated heterocycles. The van der Waals surface area contributed by atoms with E-state index in [9.17, 15) is 9.90 Å². The maximum atomic E-state index is 13.0. The van der Waals surface area contributed by atoms with E-state index in [2.05, 4.69) is 10.2 Å². The first kappa shape index (κ1) is 23.4. The lowest BCUT2D eigenvalue weighted by Crippen LogP contribution is -2.56. The van der Waals surface area contributed by atoms with E-state index in [-0.39, 0.29) is 24.4 Å². The number of aliphatic hydroxyl groups is 1. The Balaban J connectivity index is 1.62. The number of likely N-dealkylation sites (tertiary alicyclic amines) is 1. The van der Waals surface area contributed by atoms with Gasteiger partial charge >= 0.3 is 0 Å². The number of carbonyl (C=O) groups excluding carboxylic acids is 1. The number of nitrogens with one attached hydrogen (secondary N) is 1. The molecule has 2 fully saturated rings. The smallest absolute Gasteiger partial charge is 0.238 e.